The SMILES string of the molecule is O=C(Nc1ccc(-c2cn3ccsc3n2)cc1)c1ccccc1SCc1cccs1. The average molecular weight is 448 g/mol. The lowest BCUT2D eigenvalue weighted by atomic mass is 10.1. The first-order valence-corrected chi connectivity index (χ1v) is 12.1. The van der Waals surface area contributed by atoms with Gasteiger partial charge in [0.05, 0.1) is 11.3 Å². The van der Waals surface area contributed by atoms with Gasteiger partial charge in [0.25, 0.3) is 5.91 Å². The van der Waals surface area contributed by atoms with Crippen LogP contribution < -0.4 is 5.32 Å². The maximum Gasteiger partial charge on any atom is 0.256 e. The van der Waals surface area contributed by atoms with Crippen LogP contribution in [0.15, 0.2) is 88.7 Å². The summed E-state index contributed by atoms with van der Waals surface area (Å²) >= 11 is 5.03. The number of hydrogen-bond donors (Lipinski definition) is 1. The predicted molar refractivity (Wildman–Crippen MR) is 127 cm³/mol. The molecule has 5 aromatic rings. The first kappa shape index (κ1) is 19.1. The van der Waals surface area contributed by atoms with Crippen LogP contribution in [0.1, 0.15) is 15.2 Å². The molecule has 0 unspecified atom stereocenters. The largest absolute Gasteiger partial charge is 0.322 e. The summed E-state index contributed by atoms with van der Waals surface area (Å²) in [6.45, 7) is 0. The molecule has 7 heteroatoms. The Balaban J connectivity index is 1.30. The standard InChI is InChI=1S/C23H17N3OS3/c27-22(19-5-1-2-6-21(19)30-15-18-4-3-12-28-18)24-17-9-7-16(8-10-17)20-14-26-11-13-29-23(26)25-20/h1-14H,15H2,(H,24,27). The molecule has 1 N–H and O–H groups in total. The number of anilines is 1. The van der Waals surface area contributed by atoms with Crippen LogP contribution in [0.3, 0.4) is 0 Å². The van der Waals surface area contributed by atoms with Crippen LogP contribution in [-0.2, 0) is 5.75 Å². The fourth-order valence-corrected chi connectivity index (χ4v) is 5.64. The molecule has 1 amide bonds. The molecule has 0 saturated carbocycles. The molecular weight excluding hydrogens is 430 g/mol. The van der Waals surface area contributed by atoms with Crippen molar-refractivity contribution in [1.29, 1.82) is 0 Å². The summed E-state index contributed by atoms with van der Waals surface area (Å²) in [6.07, 6.45) is 4.01. The number of rotatable bonds is 6. The average Bonchev–Trinajstić information content (AvgIpc) is 3.51. The van der Waals surface area contributed by atoms with Gasteiger partial charge < -0.3 is 5.32 Å². The third-order valence-corrected chi connectivity index (χ3v) is 7.57. The highest BCUT2D eigenvalue weighted by Gasteiger charge is 2.12. The number of hydrogen-bond acceptors (Lipinski definition) is 5. The Labute approximate surface area is 186 Å². The molecule has 0 atom stereocenters. The van der Waals surface area contributed by atoms with Crippen molar-refractivity contribution in [2.24, 2.45) is 0 Å². The fourth-order valence-electron chi connectivity index (χ4n) is 3.11. The van der Waals surface area contributed by atoms with Gasteiger partial charge in [0.1, 0.15) is 0 Å². The molecule has 3 heterocycles. The smallest absolute Gasteiger partial charge is 0.256 e. The molecule has 0 aliphatic rings. The second kappa shape index (κ2) is 8.47. The van der Waals surface area contributed by atoms with Crippen molar-refractivity contribution in [3.63, 3.8) is 0 Å². The summed E-state index contributed by atoms with van der Waals surface area (Å²) in [6, 6.07) is 19.7. The molecule has 0 aliphatic heterocycles. The van der Waals surface area contributed by atoms with E-state index in [0.29, 0.717) is 5.56 Å². The van der Waals surface area contributed by atoms with E-state index < -0.39 is 0 Å². The zero-order chi connectivity index (χ0) is 20.3. The first-order chi connectivity index (χ1) is 14.8. The summed E-state index contributed by atoms with van der Waals surface area (Å²) in [5, 5.41) is 7.11. The lowest BCUT2D eigenvalue weighted by Gasteiger charge is -2.10. The molecule has 30 heavy (non-hydrogen) atoms. The summed E-state index contributed by atoms with van der Waals surface area (Å²) < 4.78 is 2.01. The second-order valence-corrected chi connectivity index (χ2v) is 9.54. The Hall–Kier alpha value is -2.87. The van der Waals surface area contributed by atoms with Crippen LogP contribution in [-0.4, -0.2) is 15.3 Å². The van der Waals surface area contributed by atoms with E-state index >= 15 is 0 Å². The minimum Gasteiger partial charge on any atom is -0.322 e. The van der Waals surface area contributed by atoms with Gasteiger partial charge in [-0.2, -0.15) is 0 Å². The molecule has 0 radical (unpaired) electrons. The van der Waals surface area contributed by atoms with Crippen LogP contribution >= 0.6 is 34.4 Å². The number of thiazole rings is 1. The third-order valence-electron chi connectivity index (χ3n) is 4.61. The van der Waals surface area contributed by atoms with Crippen molar-refractivity contribution >= 4 is 51.0 Å². The van der Waals surface area contributed by atoms with Gasteiger partial charge >= 0.3 is 0 Å². The molecule has 4 nitrogen and oxygen atoms in total. The number of amides is 1. The Morgan fingerprint density at radius 1 is 1.00 bits per heavy atom. The lowest BCUT2D eigenvalue weighted by Crippen LogP contribution is -2.12. The van der Waals surface area contributed by atoms with Crippen LogP contribution in [0.4, 0.5) is 5.69 Å². The monoisotopic (exact) mass is 447 g/mol. The lowest BCUT2D eigenvalue weighted by molar-refractivity contribution is 0.102. The van der Waals surface area contributed by atoms with Crippen molar-refractivity contribution in [3.8, 4) is 11.3 Å². The maximum absolute atomic E-state index is 12.9. The number of nitrogens with zero attached hydrogens (tertiary/aromatic N) is 2. The number of imidazole rings is 1. The van der Waals surface area contributed by atoms with Gasteiger partial charge in [-0.3, -0.25) is 9.20 Å². The van der Waals surface area contributed by atoms with Crippen molar-refractivity contribution in [1.82, 2.24) is 9.38 Å². The Morgan fingerprint density at radius 3 is 2.67 bits per heavy atom. The van der Waals surface area contributed by atoms with E-state index in [2.05, 4.69) is 27.8 Å². The van der Waals surface area contributed by atoms with E-state index in [9.17, 15) is 4.79 Å². The van der Waals surface area contributed by atoms with Gasteiger partial charge in [-0.1, -0.05) is 30.3 Å². The molecule has 5 rings (SSSR count). The summed E-state index contributed by atoms with van der Waals surface area (Å²) in [5.41, 5.74) is 3.41. The van der Waals surface area contributed by atoms with E-state index in [4.69, 9.17) is 0 Å². The molecule has 148 valence electrons. The minimum atomic E-state index is -0.0977. The first-order valence-electron chi connectivity index (χ1n) is 9.34. The highest BCUT2D eigenvalue weighted by atomic mass is 32.2. The van der Waals surface area contributed by atoms with E-state index in [0.717, 1.165) is 32.6 Å². The number of benzene rings is 2. The molecule has 0 fully saturated rings. The molecule has 0 bridgehead atoms. The van der Waals surface area contributed by atoms with Gasteiger partial charge in [-0.05, 0) is 35.7 Å². The quantitative estimate of drug-likeness (QED) is 0.296. The Morgan fingerprint density at radius 2 is 1.87 bits per heavy atom. The number of aromatic nitrogens is 2. The summed E-state index contributed by atoms with van der Waals surface area (Å²) in [4.78, 5) is 20.8. The van der Waals surface area contributed by atoms with Crippen LogP contribution in [0.2, 0.25) is 0 Å². The predicted octanol–water partition coefficient (Wildman–Crippen LogP) is 6.67. The van der Waals surface area contributed by atoms with Gasteiger partial charge in [0, 0.05) is 44.6 Å². The molecule has 0 aliphatic carbocycles. The number of carbonyl (C=O) groups is 1. The van der Waals surface area contributed by atoms with Gasteiger partial charge in [-0.15, -0.1) is 34.4 Å². The van der Waals surface area contributed by atoms with Gasteiger partial charge in [-0.25, -0.2) is 4.98 Å². The Bertz CT molecular complexity index is 1260. The van der Waals surface area contributed by atoms with Crippen molar-refractivity contribution in [3.05, 3.63) is 94.3 Å². The van der Waals surface area contributed by atoms with Crippen LogP contribution in [0.5, 0.6) is 0 Å². The third kappa shape index (κ3) is 4.05. The number of thioether (sulfide) groups is 1. The topological polar surface area (TPSA) is 46.4 Å². The highest BCUT2D eigenvalue weighted by molar-refractivity contribution is 7.98. The molecule has 3 aromatic heterocycles. The summed E-state index contributed by atoms with van der Waals surface area (Å²) in [5.74, 6) is 0.762. The maximum atomic E-state index is 12.9. The van der Waals surface area contributed by atoms with Crippen molar-refractivity contribution < 1.29 is 4.79 Å². The van der Waals surface area contributed by atoms with E-state index in [-0.39, 0.29) is 5.91 Å². The van der Waals surface area contributed by atoms with E-state index in [1.165, 1.54) is 4.88 Å². The number of carbonyl (C=O) groups excluding carboxylic acids is 1. The van der Waals surface area contributed by atoms with Gasteiger partial charge in [0.15, 0.2) is 4.96 Å². The number of fused-ring (bicyclic) bond motifs is 1. The molecular formula is C23H17N3OS3. The normalized spacial score (nSPS) is 11.1. The minimum absolute atomic E-state index is 0.0977. The molecule has 0 spiro atoms. The zero-order valence-corrected chi connectivity index (χ0v) is 18.3. The van der Waals surface area contributed by atoms with Crippen molar-refractivity contribution in [2.75, 3.05) is 5.32 Å². The van der Waals surface area contributed by atoms with Gasteiger partial charge in [0.2, 0.25) is 0 Å². The van der Waals surface area contributed by atoms with Crippen LogP contribution in [0, 0.1) is 0 Å². The number of nitrogens with one attached hydrogen (secondary N) is 1. The fraction of sp³-hybridized carbons (Fsp3) is 0.0435. The Kier molecular flexibility index (Phi) is 5.40. The second-order valence-electron chi connectivity index (χ2n) is 6.61. The highest BCUT2D eigenvalue weighted by Crippen LogP contribution is 2.29. The summed E-state index contributed by atoms with van der Waals surface area (Å²) in [7, 11) is 0. The number of thiophene rings is 1. The van der Waals surface area contributed by atoms with E-state index in [1.807, 2.05) is 70.7 Å². The van der Waals surface area contributed by atoms with E-state index in [1.54, 1.807) is 34.4 Å². The van der Waals surface area contributed by atoms with Crippen LogP contribution in [0.25, 0.3) is 16.2 Å². The van der Waals surface area contributed by atoms with Crippen molar-refractivity contribution in [2.45, 2.75) is 10.6 Å². The molecule has 2 aromatic carbocycles. The molecule has 0 saturated heterocycles. The zero-order valence-electron chi connectivity index (χ0n) is 15.8.